The molecular formula is C69H68F6N4O8. The van der Waals surface area contributed by atoms with Gasteiger partial charge in [0.25, 0.3) is 0 Å². The van der Waals surface area contributed by atoms with Crippen LogP contribution < -0.4 is 34.1 Å². The van der Waals surface area contributed by atoms with Crippen molar-refractivity contribution in [2.24, 2.45) is 0 Å². The fourth-order valence-corrected chi connectivity index (χ4v) is 9.59. The quantitative estimate of drug-likeness (QED) is 0.0496. The summed E-state index contributed by atoms with van der Waals surface area (Å²) in [7, 11) is 7.63. The Morgan fingerprint density at radius 1 is 0.425 bits per heavy atom. The SMILES string of the molecule is COc1ccc(N(CCc2ccc(C(F)(F)F)cc2)C(=O)C(C(=O)N(C)CCc2ccccc2)c2ccccc2)cc1OC.COc1ccc(N(CCc2ccc(C(F)(F)F)cc2)C(=O)C(C(=O)NCc2ccc(C)cc2)c2ccccc2)cc1OC. The highest BCUT2D eigenvalue weighted by atomic mass is 19.4. The minimum Gasteiger partial charge on any atom is -0.493 e. The molecule has 0 fully saturated rings. The summed E-state index contributed by atoms with van der Waals surface area (Å²) < 4.78 is 100. The number of halogens is 6. The van der Waals surface area contributed by atoms with Gasteiger partial charge in [0.1, 0.15) is 11.8 Å². The number of alkyl halides is 6. The van der Waals surface area contributed by atoms with E-state index in [0.717, 1.165) is 41.0 Å². The highest BCUT2D eigenvalue weighted by Crippen LogP contribution is 2.37. The zero-order chi connectivity index (χ0) is 62.7. The maximum Gasteiger partial charge on any atom is 0.416 e. The van der Waals surface area contributed by atoms with E-state index in [1.54, 1.807) is 103 Å². The third kappa shape index (κ3) is 17.7. The van der Waals surface area contributed by atoms with Crippen molar-refractivity contribution in [1.29, 1.82) is 0 Å². The molecule has 0 heterocycles. The van der Waals surface area contributed by atoms with Crippen LogP contribution in [0.2, 0.25) is 0 Å². The molecule has 8 aromatic rings. The van der Waals surface area contributed by atoms with Crippen molar-refractivity contribution >= 4 is 35.0 Å². The van der Waals surface area contributed by atoms with Gasteiger partial charge in [-0.1, -0.05) is 145 Å². The summed E-state index contributed by atoms with van der Waals surface area (Å²) in [5, 5.41) is 2.90. The first-order valence-electron chi connectivity index (χ1n) is 27.8. The van der Waals surface area contributed by atoms with Gasteiger partial charge < -0.3 is 39.0 Å². The molecule has 2 unspecified atom stereocenters. The molecule has 2 atom stereocenters. The fraction of sp³-hybridized carbons (Fsp3) is 0.246. The number of ether oxygens (including phenoxy) is 4. The summed E-state index contributed by atoms with van der Waals surface area (Å²) in [5.74, 6) is -2.45. The standard InChI is InChI=1S/C35H35F3N2O4.C34H33F3N2O4/c1-39(22-20-25-10-6-4-7-11-25)33(41)32(27-12-8-5-9-13-27)34(42)40(29-18-19-30(43-2)31(24-29)44-3)23-21-26-14-16-28(17-15-26)35(36,37)38;1-23-9-11-25(12-10-23)22-38-32(40)31(26-7-5-4-6-8-26)33(41)39(28-17-18-29(42-2)30(21-28)43-3)20-19-24-13-15-27(16-14-24)34(35,36)37/h4-19,24,32H,20-23H2,1-3H3;4-18,21,31H,19-20,22H2,1-3H3,(H,38,40). The van der Waals surface area contributed by atoms with Gasteiger partial charge >= 0.3 is 12.4 Å². The number of hydrogen-bond acceptors (Lipinski definition) is 8. The van der Waals surface area contributed by atoms with E-state index in [-0.39, 0.29) is 38.4 Å². The Kier molecular flexibility index (Phi) is 22.8. The molecule has 0 spiro atoms. The predicted molar refractivity (Wildman–Crippen MR) is 323 cm³/mol. The first kappa shape index (κ1) is 65.0. The van der Waals surface area contributed by atoms with Gasteiger partial charge in [0, 0.05) is 56.7 Å². The molecule has 4 amide bonds. The molecule has 8 rings (SSSR count). The van der Waals surface area contributed by atoms with Crippen molar-refractivity contribution in [3.8, 4) is 23.0 Å². The Balaban J connectivity index is 0.000000249. The monoisotopic (exact) mass is 1190 g/mol. The minimum atomic E-state index is -4.45. The lowest BCUT2D eigenvalue weighted by Crippen LogP contribution is -2.44. The maximum absolute atomic E-state index is 14.5. The van der Waals surface area contributed by atoms with Gasteiger partial charge in [0.05, 0.1) is 39.6 Å². The number of nitrogens with one attached hydrogen (secondary N) is 1. The zero-order valence-electron chi connectivity index (χ0n) is 49.0. The number of carbonyl (C=O) groups excluding carboxylic acids is 4. The summed E-state index contributed by atoms with van der Waals surface area (Å²) in [6.45, 7) is 2.80. The number of amides is 4. The summed E-state index contributed by atoms with van der Waals surface area (Å²) >= 11 is 0. The van der Waals surface area contributed by atoms with Gasteiger partial charge in [0.15, 0.2) is 23.0 Å². The normalized spacial score (nSPS) is 11.9. The van der Waals surface area contributed by atoms with E-state index in [4.69, 9.17) is 18.9 Å². The molecule has 454 valence electrons. The smallest absolute Gasteiger partial charge is 0.416 e. The van der Waals surface area contributed by atoms with Crippen molar-refractivity contribution in [3.05, 3.63) is 250 Å². The Bertz CT molecular complexity index is 3520. The van der Waals surface area contributed by atoms with Gasteiger partial charge in [-0.3, -0.25) is 19.2 Å². The van der Waals surface area contributed by atoms with Crippen LogP contribution in [0.1, 0.15) is 61.9 Å². The van der Waals surface area contributed by atoms with Gasteiger partial charge in [-0.2, -0.15) is 26.3 Å². The average molecular weight is 1200 g/mol. The Morgan fingerprint density at radius 3 is 1.21 bits per heavy atom. The van der Waals surface area contributed by atoms with Gasteiger partial charge in [-0.25, -0.2) is 0 Å². The topological polar surface area (TPSA) is 127 Å². The molecule has 0 aliphatic rings. The second-order valence-corrected chi connectivity index (χ2v) is 20.3. The summed E-state index contributed by atoms with van der Waals surface area (Å²) in [6.07, 6.45) is -7.79. The van der Waals surface area contributed by atoms with Crippen LogP contribution in [0.15, 0.2) is 200 Å². The number of methoxy groups -OCH3 is 4. The van der Waals surface area contributed by atoms with Crippen molar-refractivity contribution in [3.63, 3.8) is 0 Å². The predicted octanol–water partition coefficient (Wildman–Crippen LogP) is 13.5. The number of rotatable bonds is 23. The molecule has 8 aromatic carbocycles. The van der Waals surface area contributed by atoms with Crippen LogP contribution in [0.3, 0.4) is 0 Å². The van der Waals surface area contributed by atoms with E-state index in [1.165, 1.54) is 62.5 Å². The lowest BCUT2D eigenvalue weighted by Gasteiger charge is -2.30. The molecule has 0 aromatic heterocycles. The molecule has 87 heavy (non-hydrogen) atoms. The van der Waals surface area contributed by atoms with Crippen LogP contribution >= 0.6 is 0 Å². The number of likely N-dealkylation sites (N-methyl/N-ethyl adjacent to an activating group) is 1. The van der Waals surface area contributed by atoms with Gasteiger partial charge in [-0.05, 0) is 108 Å². The van der Waals surface area contributed by atoms with E-state index >= 15 is 0 Å². The van der Waals surface area contributed by atoms with Crippen LogP contribution in [0.5, 0.6) is 23.0 Å². The lowest BCUT2D eigenvalue weighted by molar-refractivity contribution is -0.138. The fourth-order valence-electron chi connectivity index (χ4n) is 9.59. The Labute approximate surface area is 502 Å². The third-order valence-corrected chi connectivity index (χ3v) is 14.5. The van der Waals surface area contributed by atoms with Gasteiger partial charge in [0.2, 0.25) is 23.6 Å². The highest BCUT2D eigenvalue weighted by Gasteiger charge is 2.37. The van der Waals surface area contributed by atoms with Crippen LogP contribution in [0.25, 0.3) is 0 Å². The van der Waals surface area contributed by atoms with Crippen molar-refractivity contribution in [1.82, 2.24) is 10.2 Å². The molecular weight excluding hydrogens is 1130 g/mol. The first-order valence-corrected chi connectivity index (χ1v) is 27.8. The molecule has 0 saturated carbocycles. The number of anilines is 2. The minimum absolute atomic E-state index is 0.0915. The molecule has 0 aliphatic heterocycles. The number of benzene rings is 8. The molecule has 0 bridgehead atoms. The van der Waals surface area contributed by atoms with Gasteiger partial charge in [-0.15, -0.1) is 0 Å². The second-order valence-electron chi connectivity index (χ2n) is 20.3. The number of carbonyl (C=O) groups is 4. The highest BCUT2D eigenvalue weighted by molar-refractivity contribution is 6.13. The molecule has 0 saturated heterocycles. The van der Waals surface area contributed by atoms with E-state index in [9.17, 15) is 45.5 Å². The van der Waals surface area contributed by atoms with Crippen molar-refractivity contribution < 1.29 is 64.5 Å². The summed E-state index contributed by atoms with van der Waals surface area (Å²) in [6, 6.07) is 54.7. The van der Waals surface area contributed by atoms with E-state index in [1.807, 2.05) is 67.6 Å². The van der Waals surface area contributed by atoms with Crippen LogP contribution in [0.4, 0.5) is 37.7 Å². The van der Waals surface area contributed by atoms with Crippen molar-refractivity contribution in [2.45, 2.75) is 56.9 Å². The summed E-state index contributed by atoms with van der Waals surface area (Å²) in [4.78, 5) is 61.0. The van der Waals surface area contributed by atoms with Crippen LogP contribution in [-0.4, -0.2) is 83.6 Å². The van der Waals surface area contributed by atoms with E-state index in [2.05, 4.69) is 5.32 Å². The van der Waals surface area contributed by atoms with Crippen molar-refractivity contribution in [2.75, 3.05) is 64.9 Å². The van der Waals surface area contributed by atoms with Crippen LogP contribution in [0, 0.1) is 6.92 Å². The largest absolute Gasteiger partial charge is 0.493 e. The van der Waals surface area contributed by atoms with E-state index in [0.29, 0.717) is 69.6 Å². The number of nitrogens with zero attached hydrogens (tertiary/aromatic N) is 3. The number of hydrogen-bond donors (Lipinski definition) is 1. The average Bonchev–Trinajstić information content (AvgIpc) is 3.68. The Hall–Kier alpha value is -9.58. The van der Waals surface area contributed by atoms with Crippen LogP contribution in [-0.2, 0) is 57.3 Å². The first-order chi connectivity index (χ1) is 41.7. The molecule has 1 N–H and O–H groups in total. The zero-order valence-corrected chi connectivity index (χ0v) is 49.0. The summed E-state index contributed by atoms with van der Waals surface area (Å²) in [5.41, 5.74) is 4.71. The molecule has 18 heteroatoms. The second kappa shape index (κ2) is 30.5. The molecule has 0 aliphatic carbocycles. The molecule has 0 radical (unpaired) electrons. The molecule has 12 nitrogen and oxygen atoms in total. The van der Waals surface area contributed by atoms with E-state index < -0.39 is 53.0 Å². The number of aryl methyl sites for hydroxylation is 1. The lowest BCUT2D eigenvalue weighted by atomic mass is 9.95. The maximum atomic E-state index is 14.5. The third-order valence-electron chi connectivity index (χ3n) is 14.5. The Morgan fingerprint density at radius 2 is 0.793 bits per heavy atom.